The number of aliphatic hydroxyl groups is 1. The van der Waals surface area contributed by atoms with E-state index in [2.05, 4.69) is 10.6 Å². The van der Waals surface area contributed by atoms with Crippen molar-refractivity contribution in [1.29, 1.82) is 0 Å². The molecule has 1 heterocycles. The van der Waals surface area contributed by atoms with Crippen LogP contribution < -0.4 is 0 Å². The smallest absolute Gasteiger partial charge is 0.0705 e. The van der Waals surface area contributed by atoms with Gasteiger partial charge in [0.2, 0.25) is 0 Å². The molecule has 0 amide bonds. The lowest BCUT2D eigenvalue weighted by Crippen LogP contribution is -1.97. The number of nitrogens with zero attached hydrogens (tertiary/aromatic N) is 1. The first-order valence-electron chi connectivity index (χ1n) is 6.18. The first kappa shape index (κ1) is 12.3. The van der Waals surface area contributed by atoms with Crippen LogP contribution in [0.2, 0.25) is 5.02 Å². The molecular formula is C16H14ClNO. The quantitative estimate of drug-likeness (QED) is 0.746. The number of hydrogen-bond donors (Lipinski definition) is 1. The number of aliphatic hydroxyl groups excluding tert-OH is 1. The topological polar surface area (TPSA) is 25.2 Å². The molecule has 0 atom stereocenters. The highest BCUT2D eigenvalue weighted by atomic mass is 35.5. The highest BCUT2D eigenvalue weighted by Crippen LogP contribution is 2.29. The Balaban J connectivity index is 2.34. The van der Waals surface area contributed by atoms with E-state index in [0.717, 1.165) is 32.9 Å². The number of rotatable bonds is 2. The second kappa shape index (κ2) is 4.72. The maximum atomic E-state index is 9.59. The monoisotopic (exact) mass is 271 g/mol. The van der Waals surface area contributed by atoms with Gasteiger partial charge in [-0.1, -0.05) is 29.8 Å². The van der Waals surface area contributed by atoms with E-state index in [9.17, 15) is 5.11 Å². The summed E-state index contributed by atoms with van der Waals surface area (Å²) in [6.45, 7) is 2.08. The highest BCUT2D eigenvalue weighted by Gasteiger charge is 2.13. The molecule has 0 fully saturated rings. The summed E-state index contributed by atoms with van der Waals surface area (Å²) >= 11 is 5.94. The van der Waals surface area contributed by atoms with Gasteiger partial charge in [-0.2, -0.15) is 0 Å². The van der Waals surface area contributed by atoms with Gasteiger partial charge >= 0.3 is 0 Å². The van der Waals surface area contributed by atoms with Crippen LogP contribution in [0.3, 0.4) is 0 Å². The van der Waals surface area contributed by atoms with Gasteiger partial charge in [0.15, 0.2) is 0 Å². The molecule has 2 nitrogen and oxygen atoms in total. The summed E-state index contributed by atoms with van der Waals surface area (Å²) in [6.07, 6.45) is 0. The normalized spacial score (nSPS) is 11.1. The van der Waals surface area contributed by atoms with Gasteiger partial charge < -0.3 is 9.67 Å². The molecule has 2 aromatic carbocycles. The summed E-state index contributed by atoms with van der Waals surface area (Å²) in [5.41, 5.74) is 4.20. The second-order valence-corrected chi connectivity index (χ2v) is 4.99. The van der Waals surface area contributed by atoms with Crippen molar-refractivity contribution in [3.05, 3.63) is 64.8 Å². The average Bonchev–Trinajstić information content (AvgIpc) is 2.71. The number of para-hydroxylation sites is 1. The predicted octanol–water partition coefficient (Wildman–Crippen LogP) is 4.08. The van der Waals surface area contributed by atoms with Crippen molar-refractivity contribution in [2.75, 3.05) is 0 Å². The third kappa shape index (κ3) is 1.93. The number of benzene rings is 2. The van der Waals surface area contributed by atoms with E-state index in [1.807, 2.05) is 49.4 Å². The fraction of sp³-hybridized carbons (Fsp3) is 0.125. The minimum absolute atomic E-state index is 0.0485. The predicted molar refractivity (Wildman–Crippen MR) is 78.9 cm³/mol. The van der Waals surface area contributed by atoms with Crippen molar-refractivity contribution in [1.82, 2.24) is 4.57 Å². The largest absolute Gasteiger partial charge is 0.392 e. The SMILES string of the molecule is Cc1c(CO)c2ccccc2n1-c1ccc(Cl)cc1. The minimum atomic E-state index is 0.0485. The van der Waals surface area contributed by atoms with E-state index < -0.39 is 0 Å². The fourth-order valence-electron chi connectivity index (χ4n) is 2.56. The molecule has 3 rings (SSSR count). The molecule has 0 unspecified atom stereocenters. The Bertz CT molecular complexity index is 728. The molecule has 0 aliphatic rings. The highest BCUT2D eigenvalue weighted by molar-refractivity contribution is 6.30. The molecule has 0 aliphatic carbocycles. The number of aromatic nitrogens is 1. The van der Waals surface area contributed by atoms with E-state index in [-0.39, 0.29) is 6.61 Å². The summed E-state index contributed by atoms with van der Waals surface area (Å²) in [7, 11) is 0. The third-order valence-electron chi connectivity index (χ3n) is 3.49. The zero-order chi connectivity index (χ0) is 13.4. The van der Waals surface area contributed by atoms with Crippen molar-refractivity contribution in [2.45, 2.75) is 13.5 Å². The third-order valence-corrected chi connectivity index (χ3v) is 3.74. The molecule has 96 valence electrons. The Hall–Kier alpha value is -1.77. The second-order valence-electron chi connectivity index (χ2n) is 4.55. The summed E-state index contributed by atoms with van der Waals surface area (Å²) in [5, 5.41) is 11.4. The maximum Gasteiger partial charge on any atom is 0.0705 e. The van der Waals surface area contributed by atoms with E-state index in [1.54, 1.807) is 0 Å². The van der Waals surface area contributed by atoms with Gasteiger partial charge in [0.05, 0.1) is 12.1 Å². The van der Waals surface area contributed by atoms with Gasteiger partial charge in [-0.15, -0.1) is 0 Å². The van der Waals surface area contributed by atoms with Crippen molar-refractivity contribution < 1.29 is 5.11 Å². The van der Waals surface area contributed by atoms with Gasteiger partial charge in [-0.3, -0.25) is 0 Å². The molecule has 0 spiro atoms. The standard InChI is InChI=1S/C16H14ClNO/c1-11-15(10-19)14-4-2-3-5-16(14)18(11)13-8-6-12(17)7-9-13/h2-9,19H,10H2,1H3. The maximum absolute atomic E-state index is 9.59. The molecule has 0 saturated carbocycles. The van der Waals surface area contributed by atoms with Crippen LogP contribution in [0.4, 0.5) is 0 Å². The van der Waals surface area contributed by atoms with Crippen molar-refractivity contribution in [3.8, 4) is 5.69 Å². The van der Waals surface area contributed by atoms with Gasteiger partial charge in [-0.25, -0.2) is 0 Å². The lowest BCUT2D eigenvalue weighted by atomic mass is 10.1. The Morgan fingerprint density at radius 1 is 1.05 bits per heavy atom. The van der Waals surface area contributed by atoms with Gasteiger partial charge in [0, 0.05) is 27.4 Å². The molecule has 0 aliphatic heterocycles. The summed E-state index contributed by atoms with van der Waals surface area (Å²) in [4.78, 5) is 0. The van der Waals surface area contributed by atoms with Crippen LogP contribution in [-0.2, 0) is 6.61 Å². The van der Waals surface area contributed by atoms with Crippen LogP contribution in [0.25, 0.3) is 16.6 Å². The van der Waals surface area contributed by atoms with Crippen molar-refractivity contribution in [2.24, 2.45) is 0 Å². The van der Waals surface area contributed by atoms with Crippen LogP contribution in [0.1, 0.15) is 11.3 Å². The molecule has 0 bridgehead atoms. The molecule has 3 aromatic rings. The molecule has 0 radical (unpaired) electrons. The first-order valence-corrected chi connectivity index (χ1v) is 6.56. The molecule has 3 heteroatoms. The summed E-state index contributed by atoms with van der Waals surface area (Å²) < 4.78 is 2.15. The van der Waals surface area contributed by atoms with E-state index in [0.29, 0.717) is 0 Å². The number of halogens is 1. The van der Waals surface area contributed by atoms with Crippen molar-refractivity contribution >= 4 is 22.5 Å². The first-order chi connectivity index (χ1) is 9.22. The van der Waals surface area contributed by atoms with Crippen LogP contribution >= 0.6 is 11.6 Å². The zero-order valence-corrected chi connectivity index (χ0v) is 11.4. The van der Waals surface area contributed by atoms with Gasteiger partial charge in [-0.05, 0) is 37.3 Å². The van der Waals surface area contributed by atoms with E-state index in [4.69, 9.17) is 11.6 Å². The lowest BCUT2D eigenvalue weighted by molar-refractivity contribution is 0.282. The van der Waals surface area contributed by atoms with Crippen LogP contribution in [-0.4, -0.2) is 9.67 Å². The number of hydrogen-bond acceptors (Lipinski definition) is 1. The number of fused-ring (bicyclic) bond motifs is 1. The van der Waals surface area contributed by atoms with Gasteiger partial charge in [0.1, 0.15) is 0 Å². The van der Waals surface area contributed by atoms with E-state index in [1.165, 1.54) is 0 Å². The Kier molecular flexibility index (Phi) is 3.05. The van der Waals surface area contributed by atoms with Crippen molar-refractivity contribution in [3.63, 3.8) is 0 Å². The molecule has 0 saturated heterocycles. The van der Waals surface area contributed by atoms with Gasteiger partial charge in [0.25, 0.3) is 0 Å². The van der Waals surface area contributed by atoms with Crippen LogP contribution in [0.15, 0.2) is 48.5 Å². The molecule has 19 heavy (non-hydrogen) atoms. The Labute approximate surface area is 116 Å². The molecular weight excluding hydrogens is 258 g/mol. The fourth-order valence-corrected chi connectivity index (χ4v) is 2.68. The van der Waals surface area contributed by atoms with Crippen LogP contribution in [0.5, 0.6) is 0 Å². The molecule has 1 N–H and O–H groups in total. The Morgan fingerprint density at radius 2 is 1.74 bits per heavy atom. The summed E-state index contributed by atoms with van der Waals surface area (Å²) in [6, 6.07) is 15.8. The molecule has 1 aromatic heterocycles. The van der Waals surface area contributed by atoms with Crippen LogP contribution in [0, 0.1) is 6.92 Å². The average molecular weight is 272 g/mol. The summed E-state index contributed by atoms with van der Waals surface area (Å²) in [5.74, 6) is 0. The zero-order valence-electron chi connectivity index (χ0n) is 10.6. The lowest BCUT2D eigenvalue weighted by Gasteiger charge is -2.08. The van der Waals surface area contributed by atoms with E-state index >= 15 is 0 Å². The Morgan fingerprint density at radius 3 is 2.42 bits per heavy atom. The minimum Gasteiger partial charge on any atom is -0.392 e.